The molecule has 1 heterocycles. The molecule has 0 spiro atoms. The van der Waals surface area contributed by atoms with Crippen molar-refractivity contribution < 1.29 is 16.1 Å². The molecule has 2 N–H and O–H groups in total. The van der Waals surface area contributed by atoms with Crippen LogP contribution < -0.4 is 5.73 Å². The van der Waals surface area contributed by atoms with Crippen LogP contribution in [0, 0.1) is 5.92 Å². The number of carbonyl (C=O) groups excluding carboxylic acids is 1. The van der Waals surface area contributed by atoms with Gasteiger partial charge in [0.25, 0.3) is 0 Å². The third-order valence-corrected chi connectivity index (χ3v) is 8.38. The minimum Gasteiger partial charge on any atom is -0.338 e. The van der Waals surface area contributed by atoms with Gasteiger partial charge < -0.3 is 15.5 Å². The second-order valence-electron chi connectivity index (χ2n) is 8.57. The highest BCUT2D eigenvalue weighted by molar-refractivity contribution is 8.93. The Morgan fingerprint density at radius 3 is 2.41 bits per heavy atom. The molecular formula is C21H36BrN3O3S+2. The summed E-state index contributed by atoms with van der Waals surface area (Å²) in [6, 6.07) is 8.88. The van der Waals surface area contributed by atoms with Crippen LogP contribution in [0.25, 0.3) is 0 Å². The van der Waals surface area contributed by atoms with E-state index in [0.717, 1.165) is 19.3 Å². The number of nitrogens with zero attached hydrogens (tertiary/aromatic N) is 2. The molecule has 1 aliphatic carbocycles. The van der Waals surface area contributed by atoms with E-state index < -0.39 is 15.9 Å². The van der Waals surface area contributed by atoms with Crippen molar-refractivity contribution >= 4 is 32.7 Å². The summed E-state index contributed by atoms with van der Waals surface area (Å²) in [6.45, 7) is 4.95. The van der Waals surface area contributed by atoms with Gasteiger partial charge in [0.15, 0.2) is 9.84 Å². The maximum atomic E-state index is 13.1. The molecule has 0 bridgehead atoms. The zero-order chi connectivity index (χ0) is 20.5. The van der Waals surface area contributed by atoms with Gasteiger partial charge in [-0.3, -0.25) is 4.79 Å². The number of hydrogen-bond acceptors (Lipinski definition) is 5. The second-order valence-corrected chi connectivity index (χ2v) is 10.6. The van der Waals surface area contributed by atoms with Gasteiger partial charge in [0.1, 0.15) is 0 Å². The Bertz CT molecular complexity index is 798. The van der Waals surface area contributed by atoms with Crippen molar-refractivity contribution in [3.63, 3.8) is 0 Å². The van der Waals surface area contributed by atoms with Crippen LogP contribution in [-0.2, 0) is 14.6 Å². The van der Waals surface area contributed by atoms with Gasteiger partial charge in [-0.15, -0.1) is 17.0 Å². The van der Waals surface area contributed by atoms with E-state index in [4.69, 9.17) is 5.73 Å². The standard InChI is InChI=1S/C21H33N3O3S.BrH/c1-15(2)23(3)17-9-10-20(24-12-11-19(22)21(24)25)16(13-17)14-28(26,27)18-7-5-4-6-8-18;/h4-8,15-17,19-20H,9-14,22H2,1-3H3;1H/p+2/t16-,17+,19-,20-;/m0./s1. The molecule has 2 aliphatic rings. The van der Waals surface area contributed by atoms with Crippen LogP contribution in [0.15, 0.2) is 35.2 Å². The molecule has 6 nitrogen and oxygen atoms in total. The second kappa shape index (κ2) is 9.90. The summed E-state index contributed by atoms with van der Waals surface area (Å²) in [7, 11) is -1.30. The largest absolute Gasteiger partial charge is 1.00 e. The average Bonchev–Trinajstić information content (AvgIpc) is 3.00. The smallest absolute Gasteiger partial charge is 0.338 e. The predicted molar refractivity (Wildman–Crippen MR) is 123 cm³/mol. The highest BCUT2D eigenvalue weighted by atomic mass is 79.9. The highest BCUT2D eigenvalue weighted by Gasteiger charge is 2.43. The Morgan fingerprint density at radius 2 is 1.86 bits per heavy atom. The minimum absolute atomic E-state index is 0. The first-order valence-electron chi connectivity index (χ1n) is 10.3. The predicted octanol–water partition coefficient (Wildman–Crippen LogP) is 2.70. The Morgan fingerprint density at radius 1 is 1.21 bits per heavy atom. The van der Waals surface area contributed by atoms with Gasteiger partial charge in [0.05, 0.1) is 16.7 Å². The topological polar surface area (TPSA) is 83.7 Å². The van der Waals surface area contributed by atoms with E-state index in [9.17, 15) is 13.2 Å². The van der Waals surface area contributed by atoms with Gasteiger partial charge in [-0.05, 0) is 64.6 Å². The fourth-order valence-corrected chi connectivity index (χ4v) is 6.35. The van der Waals surface area contributed by atoms with E-state index in [1.165, 1.54) is 0 Å². The van der Waals surface area contributed by atoms with Crippen LogP contribution >= 0.6 is 17.0 Å². The van der Waals surface area contributed by atoms with Crippen LogP contribution in [0.2, 0.25) is 0 Å². The van der Waals surface area contributed by atoms with Crippen LogP contribution in [0.3, 0.4) is 0 Å². The summed E-state index contributed by atoms with van der Waals surface area (Å²) >= 11 is 0. The number of likely N-dealkylation sites (tertiary alicyclic amines) is 1. The number of carbonyl (C=O) groups is 1. The molecule has 1 aromatic carbocycles. The molecule has 2 fully saturated rings. The lowest BCUT2D eigenvalue weighted by molar-refractivity contribution is -0.132. The Kier molecular flexibility index (Phi) is 8.30. The van der Waals surface area contributed by atoms with Crippen molar-refractivity contribution in [2.24, 2.45) is 11.7 Å². The summed E-state index contributed by atoms with van der Waals surface area (Å²) in [5, 5.41) is 0. The van der Waals surface area contributed by atoms with Crippen LogP contribution in [0.5, 0.6) is 0 Å². The Labute approximate surface area is 188 Å². The third-order valence-electron chi connectivity index (χ3n) is 6.52. The molecular weight excluding hydrogens is 454 g/mol. The lowest BCUT2D eigenvalue weighted by atomic mass is 9.81. The molecule has 164 valence electrons. The summed E-state index contributed by atoms with van der Waals surface area (Å²) in [6.07, 6.45) is 3.24. The third kappa shape index (κ3) is 5.40. The number of halogens is 1. The molecule has 8 heteroatoms. The van der Waals surface area contributed by atoms with E-state index >= 15 is 0 Å². The molecule has 4 atom stereocenters. The van der Waals surface area contributed by atoms with Crippen molar-refractivity contribution in [1.82, 2.24) is 9.80 Å². The summed E-state index contributed by atoms with van der Waals surface area (Å²) in [5.74, 6) is -0.0365. The van der Waals surface area contributed by atoms with E-state index in [-0.39, 0.29) is 43.5 Å². The Balaban J connectivity index is 0.00000300. The molecule has 1 amide bonds. The fraction of sp³-hybridized carbons (Fsp3) is 0.667. The summed E-state index contributed by atoms with van der Waals surface area (Å²) in [5.41, 5.74) is 5.94. The lowest BCUT2D eigenvalue weighted by Crippen LogP contribution is -2.52. The van der Waals surface area contributed by atoms with Gasteiger partial charge in [-0.25, -0.2) is 8.42 Å². The zero-order valence-corrected chi connectivity index (χ0v) is 20.1. The van der Waals surface area contributed by atoms with Crippen LogP contribution in [-0.4, -0.2) is 67.6 Å². The van der Waals surface area contributed by atoms with E-state index in [2.05, 4.69) is 25.8 Å². The Hall–Kier alpha value is -0.960. The monoisotopic (exact) mass is 489 g/mol. The number of rotatable bonds is 6. The van der Waals surface area contributed by atoms with Crippen molar-refractivity contribution in [3.8, 4) is 0 Å². The number of sulfone groups is 1. The number of hydrogen-bond donors (Lipinski definition) is 1. The molecule has 1 saturated carbocycles. The normalized spacial score (nSPS) is 28.1. The van der Waals surface area contributed by atoms with Gasteiger partial charge in [0, 0.05) is 24.7 Å². The maximum absolute atomic E-state index is 13.1. The van der Waals surface area contributed by atoms with E-state index in [1.54, 1.807) is 24.3 Å². The lowest BCUT2D eigenvalue weighted by Gasteiger charge is -2.44. The molecule has 0 radical (unpaired) electrons. The molecule has 3 rings (SSSR count). The van der Waals surface area contributed by atoms with E-state index in [0.29, 0.717) is 29.9 Å². The number of amides is 1. The highest BCUT2D eigenvalue weighted by Crippen LogP contribution is 2.35. The zero-order valence-electron chi connectivity index (χ0n) is 19.5. The molecule has 0 unspecified atom stereocenters. The van der Waals surface area contributed by atoms with Crippen molar-refractivity contribution in [1.29, 1.82) is 0 Å². The SMILES string of the molecule is Br.CC(C)N(C)[C@@H]1CC[C@H](N2CC[C@H](N)C2=O)[C@H](CS(=O)(=O)c2ccccc2)C1.[H+].[H+]. The van der Waals surface area contributed by atoms with Crippen LogP contribution in [0.1, 0.15) is 42.4 Å². The number of benzene rings is 1. The summed E-state index contributed by atoms with van der Waals surface area (Å²) in [4.78, 5) is 17.1. The molecule has 0 aromatic heterocycles. The number of nitrogens with two attached hydrogens (primary N) is 1. The minimum atomic E-state index is -3.41. The first-order valence-corrected chi connectivity index (χ1v) is 11.9. The van der Waals surface area contributed by atoms with Crippen LogP contribution in [0.4, 0.5) is 0 Å². The van der Waals surface area contributed by atoms with Gasteiger partial charge in [-0.2, -0.15) is 0 Å². The van der Waals surface area contributed by atoms with Gasteiger partial charge in [-0.1, -0.05) is 18.2 Å². The van der Waals surface area contributed by atoms with Crippen molar-refractivity contribution in [2.45, 2.75) is 68.6 Å². The van der Waals surface area contributed by atoms with Crippen molar-refractivity contribution in [2.75, 3.05) is 19.3 Å². The first kappa shape index (κ1) is 24.3. The van der Waals surface area contributed by atoms with Crippen molar-refractivity contribution in [3.05, 3.63) is 30.3 Å². The van der Waals surface area contributed by atoms with Gasteiger partial charge in [0.2, 0.25) is 5.91 Å². The summed E-state index contributed by atoms with van der Waals surface area (Å²) < 4.78 is 26.2. The first-order chi connectivity index (χ1) is 13.2. The van der Waals surface area contributed by atoms with E-state index in [1.807, 2.05) is 11.0 Å². The molecule has 1 aliphatic heterocycles. The van der Waals surface area contributed by atoms with Gasteiger partial charge >= 0.3 is 2.85 Å². The fourth-order valence-electron chi connectivity index (χ4n) is 4.66. The quantitative estimate of drug-likeness (QED) is 0.663. The molecule has 29 heavy (non-hydrogen) atoms. The molecule has 1 aromatic rings. The average molecular weight is 491 g/mol. The molecule has 1 saturated heterocycles. The maximum Gasteiger partial charge on any atom is 1.00 e.